The van der Waals surface area contributed by atoms with E-state index in [4.69, 9.17) is 4.74 Å². The van der Waals surface area contributed by atoms with Crippen molar-refractivity contribution >= 4 is 12.0 Å². The zero-order valence-corrected chi connectivity index (χ0v) is 14.4. The molecule has 0 aliphatic carbocycles. The monoisotopic (exact) mass is 322 g/mol. The molecule has 0 fully saturated rings. The average Bonchev–Trinajstić information content (AvgIpc) is 2.52. The van der Waals surface area contributed by atoms with E-state index >= 15 is 0 Å². The minimum atomic E-state index is -0.653. The molecular weight excluding hydrogens is 296 g/mol. The lowest BCUT2D eigenvalue weighted by Crippen LogP contribution is -2.50. The van der Waals surface area contributed by atoms with Gasteiger partial charge in [-0.2, -0.15) is 0 Å². The summed E-state index contributed by atoms with van der Waals surface area (Å²) in [4.78, 5) is 23.8. The fourth-order valence-corrected chi connectivity index (χ4v) is 2.15. The summed E-state index contributed by atoms with van der Waals surface area (Å²) in [7, 11) is 1.27. The van der Waals surface area contributed by atoms with Crippen molar-refractivity contribution in [1.29, 1.82) is 0 Å². The quantitative estimate of drug-likeness (QED) is 0.809. The second kappa shape index (κ2) is 9.02. The number of methoxy groups -OCH3 is 1. The Morgan fingerprint density at radius 3 is 2.43 bits per heavy atom. The van der Waals surface area contributed by atoms with E-state index in [-0.39, 0.29) is 17.9 Å². The van der Waals surface area contributed by atoms with Crippen molar-refractivity contribution in [2.75, 3.05) is 13.7 Å². The molecule has 2 N–H and O–H groups in total. The van der Waals surface area contributed by atoms with Gasteiger partial charge in [-0.1, -0.05) is 26.0 Å². The number of benzene rings is 1. The van der Waals surface area contributed by atoms with Crippen LogP contribution in [0.3, 0.4) is 0 Å². The SMILES string of the molecule is CCOc1cccc(C(C)NC(=O)C(NC(=O)OC)C(C)C)c1. The molecule has 1 rings (SSSR count). The van der Waals surface area contributed by atoms with Crippen LogP contribution in [-0.4, -0.2) is 31.8 Å². The number of alkyl carbamates (subject to hydrolysis) is 1. The van der Waals surface area contributed by atoms with Crippen molar-refractivity contribution in [3.8, 4) is 5.75 Å². The van der Waals surface area contributed by atoms with Crippen LogP contribution >= 0.6 is 0 Å². The fourth-order valence-electron chi connectivity index (χ4n) is 2.15. The van der Waals surface area contributed by atoms with Crippen molar-refractivity contribution in [3.05, 3.63) is 29.8 Å². The van der Waals surface area contributed by atoms with Crippen LogP contribution in [0.1, 0.15) is 39.3 Å². The van der Waals surface area contributed by atoms with Gasteiger partial charge >= 0.3 is 6.09 Å². The van der Waals surface area contributed by atoms with E-state index in [9.17, 15) is 9.59 Å². The maximum atomic E-state index is 12.4. The number of ether oxygens (including phenoxy) is 2. The molecule has 0 saturated heterocycles. The van der Waals surface area contributed by atoms with Gasteiger partial charge in [0.2, 0.25) is 5.91 Å². The Kier molecular flexibility index (Phi) is 7.38. The van der Waals surface area contributed by atoms with Gasteiger partial charge in [-0.3, -0.25) is 4.79 Å². The van der Waals surface area contributed by atoms with Gasteiger partial charge in [-0.15, -0.1) is 0 Å². The number of nitrogens with one attached hydrogen (secondary N) is 2. The number of rotatable bonds is 7. The summed E-state index contributed by atoms with van der Waals surface area (Å²) in [5.41, 5.74) is 0.935. The van der Waals surface area contributed by atoms with Crippen molar-refractivity contribution in [1.82, 2.24) is 10.6 Å². The Bertz CT molecular complexity index is 531. The lowest BCUT2D eigenvalue weighted by molar-refractivity contribution is -0.124. The summed E-state index contributed by atoms with van der Waals surface area (Å²) in [6, 6.07) is 6.72. The maximum Gasteiger partial charge on any atom is 0.407 e. The summed E-state index contributed by atoms with van der Waals surface area (Å²) in [5, 5.41) is 5.47. The molecule has 6 nitrogen and oxygen atoms in total. The fraction of sp³-hybridized carbons (Fsp3) is 0.529. The third-order valence-corrected chi connectivity index (χ3v) is 3.44. The minimum Gasteiger partial charge on any atom is -0.494 e. The summed E-state index contributed by atoms with van der Waals surface area (Å²) in [6.07, 6.45) is -0.621. The van der Waals surface area contributed by atoms with Gasteiger partial charge in [0.25, 0.3) is 0 Å². The zero-order chi connectivity index (χ0) is 17.4. The maximum absolute atomic E-state index is 12.4. The van der Waals surface area contributed by atoms with Gasteiger partial charge in [-0.25, -0.2) is 4.79 Å². The van der Waals surface area contributed by atoms with E-state index in [0.717, 1.165) is 11.3 Å². The Morgan fingerprint density at radius 2 is 1.87 bits per heavy atom. The molecule has 0 aliphatic rings. The lowest BCUT2D eigenvalue weighted by Gasteiger charge is -2.23. The third kappa shape index (κ3) is 5.81. The second-order valence-electron chi connectivity index (χ2n) is 5.59. The van der Waals surface area contributed by atoms with Gasteiger partial charge in [-0.05, 0) is 37.5 Å². The lowest BCUT2D eigenvalue weighted by atomic mass is 10.0. The van der Waals surface area contributed by atoms with Crippen LogP contribution in [-0.2, 0) is 9.53 Å². The zero-order valence-electron chi connectivity index (χ0n) is 14.4. The first-order valence-corrected chi connectivity index (χ1v) is 7.76. The molecule has 2 amide bonds. The third-order valence-electron chi connectivity index (χ3n) is 3.44. The molecule has 0 bridgehead atoms. The van der Waals surface area contributed by atoms with Crippen molar-refractivity contribution in [3.63, 3.8) is 0 Å². The highest BCUT2D eigenvalue weighted by Gasteiger charge is 2.25. The van der Waals surface area contributed by atoms with Crippen LogP contribution in [0.25, 0.3) is 0 Å². The Morgan fingerprint density at radius 1 is 1.17 bits per heavy atom. The summed E-state index contributed by atoms with van der Waals surface area (Å²) >= 11 is 0. The van der Waals surface area contributed by atoms with Crippen molar-refractivity contribution < 1.29 is 19.1 Å². The molecule has 1 aromatic carbocycles. The van der Waals surface area contributed by atoms with Crippen LogP contribution in [0, 0.1) is 5.92 Å². The van der Waals surface area contributed by atoms with E-state index < -0.39 is 12.1 Å². The standard InChI is InChI=1S/C17H26N2O4/c1-6-23-14-9-7-8-13(10-14)12(4)18-16(20)15(11(2)3)19-17(21)22-5/h7-12,15H,6H2,1-5H3,(H,18,20)(H,19,21). The van der Waals surface area contributed by atoms with E-state index in [1.807, 2.05) is 52.0 Å². The number of hydrogen-bond acceptors (Lipinski definition) is 4. The molecule has 0 aromatic heterocycles. The Labute approximate surface area is 137 Å². The minimum absolute atomic E-state index is 0.0592. The van der Waals surface area contributed by atoms with Gasteiger partial charge in [0, 0.05) is 0 Å². The molecule has 0 saturated carbocycles. The summed E-state index contributed by atoms with van der Waals surface area (Å²) in [6.45, 7) is 8.12. The smallest absolute Gasteiger partial charge is 0.407 e. The number of carbonyl (C=O) groups excluding carboxylic acids is 2. The van der Waals surface area contributed by atoms with Gasteiger partial charge in [0.05, 0.1) is 19.8 Å². The predicted molar refractivity (Wildman–Crippen MR) is 88.3 cm³/mol. The van der Waals surface area contributed by atoms with E-state index in [1.165, 1.54) is 7.11 Å². The molecular formula is C17H26N2O4. The normalized spacial score (nSPS) is 13.1. The Hall–Kier alpha value is -2.24. The largest absolute Gasteiger partial charge is 0.494 e. The van der Waals surface area contributed by atoms with Crippen molar-refractivity contribution in [2.45, 2.75) is 39.8 Å². The molecule has 0 heterocycles. The molecule has 23 heavy (non-hydrogen) atoms. The average molecular weight is 322 g/mol. The van der Waals surface area contributed by atoms with Gasteiger partial charge in [0.1, 0.15) is 11.8 Å². The summed E-state index contributed by atoms with van der Waals surface area (Å²) in [5.74, 6) is 0.454. The molecule has 2 atom stereocenters. The van der Waals surface area contributed by atoms with E-state index in [1.54, 1.807) is 0 Å². The number of carbonyl (C=O) groups is 2. The van der Waals surface area contributed by atoms with Crippen LogP contribution in [0.4, 0.5) is 4.79 Å². The molecule has 128 valence electrons. The highest BCUT2D eigenvalue weighted by molar-refractivity contribution is 5.86. The van der Waals surface area contributed by atoms with E-state index in [2.05, 4.69) is 15.4 Å². The molecule has 6 heteroatoms. The first kappa shape index (κ1) is 18.8. The van der Waals surface area contributed by atoms with Crippen LogP contribution in [0.5, 0.6) is 5.75 Å². The molecule has 1 aromatic rings. The molecule has 0 radical (unpaired) electrons. The van der Waals surface area contributed by atoms with Crippen LogP contribution in [0.15, 0.2) is 24.3 Å². The first-order valence-electron chi connectivity index (χ1n) is 7.76. The topological polar surface area (TPSA) is 76.7 Å². The molecule has 0 spiro atoms. The highest BCUT2D eigenvalue weighted by atomic mass is 16.5. The van der Waals surface area contributed by atoms with Crippen molar-refractivity contribution in [2.24, 2.45) is 5.92 Å². The molecule has 0 aliphatic heterocycles. The van der Waals surface area contributed by atoms with E-state index in [0.29, 0.717) is 6.61 Å². The number of hydrogen-bond donors (Lipinski definition) is 2. The first-order chi connectivity index (χ1) is 10.9. The second-order valence-corrected chi connectivity index (χ2v) is 5.59. The van der Waals surface area contributed by atoms with Crippen LogP contribution in [0.2, 0.25) is 0 Å². The van der Waals surface area contributed by atoms with Crippen LogP contribution < -0.4 is 15.4 Å². The van der Waals surface area contributed by atoms with Gasteiger partial charge in [0.15, 0.2) is 0 Å². The predicted octanol–water partition coefficient (Wildman–Crippen LogP) is 2.64. The summed E-state index contributed by atoms with van der Waals surface area (Å²) < 4.78 is 10.0. The highest BCUT2D eigenvalue weighted by Crippen LogP contribution is 2.19. The molecule has 2 unspecified atom stereocenters. The number of amides is 2. The Balaban J connectivity index is 2.77. The van der Waals surface area contributed by atoms with Gasteiger partial charge < -0.3 is 20.1 Å².